The van der Waals surface area contributed by atoms with Gasteiger partial charge in [0.2, 0.25) is 0 Å². The third-order valence-corrected chi connectivity index (χ3v) is 4.79. The molecule has 6 heteroatoms. The fraction of sp³-hybridized carbons (Fsp3) is 0.625. The van der Waals surface area contributed by atoms with E-state index in [0.29, 0.717) is 17.9 Å². The van der Waals surface area contributed by atoms with Gasteiger partial charge in [0.1, 0.15) is 5.75 Å². The largest absolute Gasteiger partial charge is 0.573 e. The normalized spacial score (nSPS) is 29.4. The van der Waals surface area contributed by atoms with E-state index in [-0.39, 0.29) is 5.75 Å². The lowest BCUT2D eigenvalue weighted by atomic mass is 9.78. The fourth-order valence-electron chi connectivity index (χ4n) is 3.79. The van der Waals surface area contributed by atoms with Crippen LogP contribution in [0.2, 0.25) is 0 Å². The standard InChI is InChI=1S/C16H21F3N2O/c17-16(18,19)22-13-6-4-11(5-7-13)8-21-9-12-2-1-3-15(20)14(12)10-21/h4-7,12,14-15H,1-3,8-10,20H2. The van der Waals surface area contributed by atoms with Crippen molar-refractivity contribution in [3.8, 4) is 5.75 Å². The highest BCUT2D eigenvalue weighted by Crippen LogP contribution is 2.36. The van der Waals surface area contributed by atoms with Crippen molar-refractivity contribution in [2.45, 2.75) is 38.2 Å². The molecule has 3 nitrogen and oxygen atoms in total. The molecule has 1 aromatic rings. The smallest absolute Gasteiger partial charge is 0.406 e. The molecule has 3 rings (SSSR count). The third-order valence-electron chi connectivity index (χ3n) is 4.79. The second-order valence-corrected chi connectivity index (χ2v) is 6.40. The molecule has 0 radical (unpaired) electrons. The van der Waals surface area contributed by atoms with Gasteiger partial charge in [-0.2, -0.15) is 0 Å². The molecule has 1 heterocycles. The van der Waals surface area contributed by atoms with Crippen LogP contribution in [-0.4, -0.2) is 30.4 Å². The number of hydrogen-bond acceptors (Lipinski definition) is 3. The SMILES string of the molecule is NC1CCCC2CN(Cc3ccc(OC(F)(F)F)cc3)CC12. The highest BCUT2D eigenvalue weighted by atomic mass is 19.4. The van der Waals surface area contributed by atoms with Crippen molar-refractivity contribution in [1.82, 2.24) is 4.90 Å². The van der Waals surface area contributed by atoms with E-state index >= 15 is 0 Å². The fourth-order valence-corrected chi connectivity index (χ4v) is 3.79. The van der Waals surface area contributed by atoms with Crippen molar-refractivity contribution in [3.05, 3.63) is 29.8 Å². The van der Waals surface area contributed by atoms with Crippen molar-refractivity contribution in [2.24, 2.45) is 17.6 Å². The number of hydrogen-bond donors (Lipinski definition) is 1. The molecule has 122 valence electrons. The van der Waals surface area contributed by atoms with Gasteiger partial charge in [-0.3, -0.25) is 4.90 Å². The van der Waals surface area contributed by atoms with E-state index in [1.54, 1.807) is 12.1 Å². The monoisotopic (exact) mass is 314 g/mol. The first-order valence-corrected chi connectivity index (χ1v) is 7.73. The molecule has 1 aromatic carbocycles. The van der Waals surface area contributed by atoms with Crippen molar-refractivity contribution in [2.75, 3.05) is 13.1 Å². The van der Waals surface area contributed by atoms with Gasteiger partial charge >= 0.3 is 6.36 Å². The van der Waals surface area contributed by atoms with E-state index in [0.717, 1.165) is 31.6 Å². The van der Waals surface area contributed by atoms with Crippen LogP contribution in [0.15, 0.2) is 24.3 Å². The Labute approximate surface area is 128 Å². The lowest BCUT2D eigenvalue weighted by Crippen LogP contribution is -2.38. The van der Waals surface area contributed by atoms with Crippen LogP contribution < -0.4 is 10.5 Å². The van der Waals surface area contributed by atoms with E-state index in [1.807, 2.05) is 0 Å². The summed E-state index contributed by atoms with van der Waals surface area (Å²) in [6, 6.07) is 6.44. The second kappa shape index (κ2) is 6.08. The second-order valence-electron chi connectivity index (χ2n) is 6.40. The number of fused-ring (bicyclic) bond motifs is 1. The molecular weight excluding hydrogens is 293 g/mol. The van der Waals surface area contributed by atoms with Crippen molar-refractivity contribution in [1.29, 1.82) is 0 Å². The molecule has 1 saturated heterocycles. The first-order valence-electron chi connectivity index (χ1n) is 7.73. The van der Waals surface area contributed by atoms with Gasteiger partial charge in [-0.05, 0) is 42.4 Å². The van der Waals surface area contributed by atoms with Gasteiger partial charge in [0, 0.05) is 25.7 Å². The Morgan fingerprint density at radius 2 is 1.86 bits per heavy atom. The number of likely N-dealkylation sites (tertiary alicyclic amines) is 1. The average molecular weight is 314 g/mol. The molecule has 22 heavy (non-hydrogen) atoms. The van der Waals surface area contributed by atoms with E-state index < -0.39 is 6.36 Å². The van der Waals surface area contributed by atoms with Gasteiger partial charge in [0.05, 0.1) is 0 Å². The number of ether oxygens (including phenoxy) is 1. The lowest BCUT2D eigenvalue weighted by molar-refractivity contribution is -0.274. The summed E-state index contributed by atoms with van der Waals surface area (Å²) < 4.78 is 40.3. The Morgan fingerprint density at radius 1 is 1.14 bits per heavy atom. The van der Waals surface area contributed by atoms with Crippen LogP contribution in [0.5, 0.6) is 5.75 Å². The Hall–Kier alpha value is -1.27. The summed E-state index contributed by atoms with van der Waals surface area (Å²) in [6.07, 6.45) is -1.08. The summed E-state index contributed by atoms with van der Waals surface area (Å²) in [7, 11) is 0. The van der Waals surface area contributed by atoms with Crippen LogP contribution >= 0.6 is 0 Å². The zero-order chi connectivity index (χ0) is 15.7. The zero-order valence-electron chi connectivity index (χ0n) is 12.4. The highest BCUT2D eigenvalue weighted by Gasteiger charge is 2.38. The molecule has 0 spiro atoms. The van der Waals surface area contributed by atoms with Crippen molar-refractivity contribution >= 4 is 0 Å². The third kappa shape index (κ3) is 3.73. The number of rotatable bonds is 3. The number of benzene rings is 1. The van der Waals surface area contributed by atoms with Crippen molar-refractivity contribution < 1.29 is 17.9 Å². The molecule has 1 saturated carbocycles. The summed E-state index contributed by atoms with van der Waals surface area (Å²) >= 11 is 0. The number of nitrogens with zero attached hydrogens (tertiary/aromatic N) is 1. The molecule has 2 N–H and O–H groups in total. The predicted molar refractivity (Wildman–Crippen MR) is 77.2 cm³/mol. The maximum atomic E-state index is 12.1. The lowest BCUT2D eigenvalue weighted by Gasteiger charge is -2.29. The molecule has 0 amide bonds. The first kappa shape index (κ1) is 15.6. The van der Waals surface area contributed by atoms with Gasteiger partial charge in [0.25, 0.3) is 0 Å². The molecule has 0 bridgehead atoms. The molecule has 2 aliphatic rings. The highest BCUT2D eigenvalue weighted by molar-refractivity contribution is 5.27. The van der Waals surface area contributed by atoms with Crippen LogP contribution in [-0.2, 0) is 6.54 Å². The summed E-state index contributed by atoms with van der Waals surface area (Å²) in [4.78, 5) is 2.36. The van der Waals surface area contributed by atoms with Crippen LogP contribution in [0.3, 0.4) is 0 Å². The summed E-state index contributed by atoms with van der Waals surface area (Å²) in [5.74, 6) is 1.08. The van der Waals surface area contributed by atoms with Crippen LogP contribution in [0.25, 0.3) is 0 Å². The Morgan fingerprint density at radius 3 is 2.50 bits per heavy atom. The molecule has 1 aliphatic carbocycles. The van der Waals surface area contributed by atoms with Gasteiger partial charge < -0.3 is 10.5 Å². The van der Waals surface area contributed by atoms with E-state index in [9.17, 15) is 13.2 Å². The van der Waals surface area contributed by atoms with Gasteiger partial charge in [-0.1, -0.05) is 18.6 Å². The molecule has 1 aliphatic heterocycles. The Bertz CT molecular complexity index is 503. The zero-order valence-corrected chi connectivity index (χ0v) is 12.4. The minimum Gasteiger partial charge on any atom is -0.406 e. The van der Waals surface area contributed by atoms with E-state index in [4.69, 9.17) is 5.73 Å². The van der Waals surface area contributed by atoms with Gasteiger partial charge in [-0.15, -0.1) is 13.2 Å². The Kier molecular flexibility index (Phi) is 4.32. The minimum absolute atomic E-state index is 0.173. The molecule has 3 unspecified atom stereocenters. The minimum atomic E-state index is -4.64. The molecular formula is C16H21F3N2O. The average Bonchev–Trinajstić information content (AvgIpc) is 2.83. The number of alkyl halides is 3. The van der Waals surface area contributed by atoms with Crippen molar-refractivity contribution in [3.63, 3.8) is 0 Å². The quantitative estimate of drug-likeness (QED) is 0.931. The maximum Gasteiger partial charge on any atom is 0.573 e. The molecule has 2 fully saturated rings. The molecule has 3 atom stereocenters. The first-order chi connectivity index (χ1) is 10.4. The number of nitrogens with two attached hydrogens (primary N) is 1. The van der Waals surface area contributed by atoms with Gasteiger partial charge in [-0.25, -0.2) is 0 Å². The van der Waals surface area contributed by atoms with Crippen LogP contribution in [0.4, 0.5) is 13.2 Å². The maximum absolute atomic E-state index is 12.1. The van der Waals surface area contributed by atoms with E-state index in [2.05, 4.69) is 9.64 Å². The van der Waals surface area contributed by atoms with E-state index in [1.165, 1.54) is 25.0 Å². The Balaban J connectivity index is 1.57. The molecule has 0 aromatic heterocycles. The van der Waals surface area contributed by atoms with Gasteiger partial charge in [0.15, 0.2) is 0 Å². The summed E-state index contributed by atoms with van der Waals surface area (Å²) in [5, 5.41) is 0. The summed E-state index contributed by atoms with van der Waals surface area (Å²) in [6.45, 7) is 2.79. The number of halogens is 3. The van der Waals surface area contributed by atoms with Crippen LogP contribution in [0.1, 0.15) is 24.8 Å². The summed E-state index contributed by atoms with van der Waals surface area (Å²) in [5.41, 5.74) is 7.21. The van der Waals surface area contributed by atoms with Crippen LogP contribution in [0, 0.1) is 11.8 Å². The topological polar surface area (TPSA) is 38.5 Å². The predicted octanol–water partition coefficient (Wildman–Crippen LogP) is 3.14.